The fourth-order valence-corrected chi connectivity index (χ4v) is 6.52. The minimum absolute atomic E-state index is 0.0209. The third-order valence-electron chi connectivity index (χ3n) is 9.00. The van der Waals surface area contributed by atoms with E-state index in [0.717, 1.165) is 38.8 Å². The van der Waals surface area contributed by atoms with Crippen molar-refractivity contribution in [2.75, 3.05) is 56.5 Å². The Hall–Kier alpha value is -3.49. The van der Waals surface area contributed by atoms with Crippen molar-refractivity contribution in [2.45, 2.75) is 76.4 Å². The van der Waals surface area contributed by atoms with Crippen LogP contribution in [0.1, 0.15) is 62.2 Å². The molecule has 45 heavy (non-hydrogen) atoms. The van der Waals surface area contributed by atoms with Gasteiger partial charge in [-0.1, -0.05) is 24.3 Å². The van der Waals surface area contributed by atoms with Gasteiger partial charge in [0.05, 0.1) is 6.10 Å². The lowest BCUT2D eigenvalue weighted by Gasteiger charge is -2.32. The monoisotopic (exact) mass is 630 g/mol. The molecule has 2 aromatic heterocycles. The first-order valence-corrected chi connectivity index (χ1v) is 15.9. The van der Waals surface area contributed by atoms with E-state index in [1.165, 1.54) is 18.1 Å². The Bertz CT molecular complexity index is 1460. The second-order valence-corrected chi connectivity index (χ2v) is 12.2. The second-order valence-electron chi connectivity index (χ2n) is 12.2. The molecule has 6 rings (SSSR count). The van der Waals surface area contributed by atoms with Crippen LogP contribution in [-0.2, 0) is 28.5 Å². The molecule has 0 saturated carbocycles. The predicted molar refractivity (Wildman–Crippen MR) is 163 cm³/mol. The number of nitrogens with one attached hydrogen (secondary N) is 2. The second kappa shape index (κ2) is 13.5. The summed E-state index contributed by atoms with van der Waals surface area (Å²) in [5.74, 6) is -1.11. The van der Waals surface area contributed by atoms with E-state index in [2.05, 4.69) is 42.7 Å². The number of benzene rings is 1. The molecule has 3 N–H and O–H groups in total. The van der Waals surface area contributed by atoms with Crippen molar-refractivity contribution in [2.24, 2.45) is 0 Å². The number of β-amino-alcohol motifs (C(OH)–C–C–N with tert-alkyl or cyclic N) is 1. The van der Waals surface area contributed by atoms with Gasteiger partial charge in [-0.05, 0) is 56.1 Å². The summed E-state index contributed by atoms with van der Waals surface area (Å²) in [6.07, 6.45) is -0.698. The fourth-order valence-electron chi connectivity index (χ4n) is 6.52. The number of ether oxygens (including phenoxy) is 1. The molecule has 2 saturated heterocycles. The molecule has 2 atom stereocenters. The van der Waals surface area contributed by atoms with Gasteiger partial charge in [0.1, 0.15) is 11.0 Å². The van der Waals surface area contributed by atoms with E-state index in [1.54, 1.807) is 9.58 Å². The molecule has 0 bridgehead atoms. The number of anilines is 2. The van der Waals surface area contributed by atoms with Crippen LogP contribution in [0.3, 0.4) is 0 Å². The van der Waals surface area contributed by atoms with Crippen LogP contribution in [0, 0.1) is 0 Å². The Morgan fingerprint density at radius 2 is 1.76 bits per heavy atom. The van der Waals surface area contributed by atoms with Gasteiger partial charge in [0.15, 0.2) is 17.9 Å². The molecule has 244 valence electrons. The maximum atomic E-state index is 14.1. The van der Waals surface area contributed by atoms with Gasteiger partial charge in [-0.3, -0.25) is 4.79 Å². The fraction of sp³-hybridized carbons (Fsp3) is 0.613. The molecule has 11 nitrogen and oxygen atoms in total. The van der Waals surface area contributed by atoms with Crippen molar-refractivity contribution >= 4 is 28.6 Å². The molecule has 1 unspecified atom stereocenters. The van der Waals surface area contributed by atoms with Crippen molar-refractivity contribution < 1.29 is 27.8 Å². The zero-order chi connectivity index (χ0) is 31.6. The third kappa shape index (κ3) is 7.33. The molecule has 3 aliphatic heterocycles. The maximum Gasteiger partial charge on any atom is 0.451 e. The van der Waals surface area contributed by atoms with E-state index >= 15 is 0 Å². The normalized spacial score (nSPS) is 20.9. The number of fused-ring (bicyclic) bond motifs is 2. The summed E-state index contributed by atoms with van der Waals surface area (Å²) in [6, 6.07) is 8.18. The van der Waals surface area contributed by atoms with Crippen LogP contribution >= 0.6 is 0 Å². The molecule has 3 aromatic rings. The van der Waals surface area contributed by atoms with Crippen LogP contribution in [0.4, 0.5) is 24.8 Å². The summed E-state index contributed by atoms with van der Waals surface area (Å²) in [4.78, 5) is 23.7. The molecule has 14 heteroatoms. The first kappa shape index (κ1) is 31.5. The van der Waals surface area contributed by atoms with Crippen LogP contribution in [0.25, 0.3) is 11.0 Å². The van der Waals surface area contributed by atoms with E-state index in [1.807, 2.05) is 12.1 Å². The number of halogens is 3. The van der Waals surface area contributed by atoms with E-state index < -0.39 is 24.3 Å². The Morgan fingerprint density at radius 3 is 2.38 bits per heavy atom. The van der Waals surface area contributed by atoms with Crippen LogP contribution < -0.4 is 10.6 Å². The SMILES string of the molecule is CC(=O)N1CCC(Nc2nc(C(F)(F)F)nc3c(NC[C@H](O)CN4CCc5ccccc5CC4)nn(C4CCCCO4)c23)CC1. The quantitative estimate of drug-likeness (QED) is 0.341. The lowest BCUT2D eigenvalue weighted by atomic mass is 10.0. The Kier molecular flexibility index (Phi) is 9.43. The Morgan fingerprint density at radius 1 is 1.04 bits per heavy atom. The van der Waals surface area contributed by atoms with E-state index in [4.69, 9.17) is 4.74 Å². The Balaban J connectivity index is 1.25. The highest BCUT2D eigenvalue weighted by Crippen LogP contribution is 2.37. The summed E-state index contributed by atoms with van der Waals surface area (Å²) in [6.45, 7) is 5.16. The average molecular weight is 631 g/mol. The van der Waals surface area contributed by atoms with Crippen LogP contribution in [0.5, 0.6) is 0 Å². The van der Waals surface area contributed by atoms with Crippen molar-refractivity contribution in [3.63, 3.8) is 0 Å². The molecular weight excluding hydrogens is 589 g/mol. The summed E-state index contributed by atoms with van der Waals surface area (Å²) in [5.41, 5.74) is 2.99. The average Bonchev–Trinajstić information content (AvgIpc) is 3.28. The number of amides is 1. The van der Waals surface area contributed by atoms with Gasteiger partial charge in [0, 0.05) is 58.8 Å². The number of aliphatic hydroxyl groups is 1. The molecule has 0 radical (unpaired) electrons. The lowest BCUT2D eigenvalue weighted by molar-refractivity contribution is -0.144. The van der Waals surface area contributed by atoms with Gasteiger partial charge < -0.3 is 30.3 Å². The highest BCUT2D eigenvalue weighted by Gasteiger charge is 2.38. The van der Waals surface area contributed by atoms with Crippen LogP contribution in [0.2, 0.25) is 0 Å². The van der Waals surface area contributed by atoms with E-state index in [9.17, 15) is 23.1 Å². The number of piperidine rings is 1. The van der Waals surface area contributed by atoms with Crippen molar-refractivity contribution in [3.8, 4) is 0 Å². The van der Waals surface area contributed by atoms with Crippen LogP contribution in [0.15, 0.2) is 24.3 Å². The molecule has 2 fully saturated rings. The number of alkyl halides is 3. The zero-order valence-electron chi connectivity index (χ0n) is 25.5. The number of carbonyl (C=O) groups is 1. The highest BCUT2D eigenvalue weighted by atomic mass is 19.4. The molecular formula is C31H41F3N8O3. The predicted octanol–water partition coefficient (Wildman–Crippen LogP) is 3.84. The number of carbonyl (C=O) groups excluding carboxylic acids is 1. The summed E-state index contributed by atoms with van der Waals surface area (Å²) < 4.78 is 49.9. The largest absolute Gasteiger partial charge is 0.451 e. The summed E-state index contributed by atoms with van der Waals surface area (Å²) in [5, 5.41) is 22.0. The number of hydrogen-bond acceptors (Lipinski definition) is 9. The first-order valence-electron chi connectivity index (χ1n) is 15.9. The van der Waals surface area contributed by atoms with Gasteiger partial charge in [-0.2, -0.15) is 13.2 Å². The number of aromatic nitrogens is 4. The zero-order valence-corrected chi connectivity index (χ0v) is 25.5. The minimum Gasteiger partial charge on any atom is -0.390 e. The number of hydrogen-bond donors (Lipinski definition) is 3. The van der Waals surface area contributed by atoms with Crippen molar-refractivity contribution in [1.82, 2.24) is 29.5 Å². The number of nitrogens with zero attached hydrogens (tertiary/aromatic N) is 6. The molecule has 1 amide bonds. The number of rotatable bonds is 8. The minimum atomic E-state index is -4.78. The van der Waals surface area contributed by atoms with Gasteiger partial charge in [-0.25, -0.2) is 14.6 Å². The van der Waals surface area contributed by atoms with Gasteiger partial charge >= 0.3 is 6.18 Å². The number of likely N-dealkylation sites (tertiary alicyclic amines) is 1. The number of aliphatic hydroxyl groups excluding tert-OH is 1. The highest BCUT2D eigenvalue weighted by molar-refractivity contribution is 5.94. The summed E-state index contributed by atoms with van der Waals surface area (Å²) in [7, 11) is 0. The van der Waals surface area contributed by atoms with Gasteiger partial charge in [0.25, 0.3) is 0 Å². The molecule has 1 aromatic carbocycles. The molecule has 0 spiro atoms. The molecule has 0 aliphatic carbocycles. The standard InChI is InChI=1S/C31H41F3N8O3/c1-20(43)41-15-11-23(12-16-41)36-29-27-26(37-30(38-29)31(32,33)34)28(39-42(27)25-8-4-5-17-45-25)35-18-24(44)19-40-13-9-21-6-2-3-7-22(21)10-14-40/h2-3,6-7,23-25,44H,4-5,8-19H2,1H3,(H,35,39)(H,36,37,38)/t24-,25?/m0/s1. The smallest absolute Gasteiger partial charge is 0.390 e. The molecule has 3 aliphatic rings. The van der Waals surface area contributed by atoms with E-state index in [-0.39, 0.29) is 35.6 Å². The third-order valence-corrected chi connectivity index (χ3v) is 9.00. The van der Waals surface area contributed by atoms with Crippen molar-refractivity contribution in [1.29, 1.82) is 0 Å². The van der Waals surface area contributed by atoms with Crippen molar-refractivity contribution in [3.05, 3.63) is 41.2 Å². The van der Waals surface area contributed by atoms with E-state index in [0.29, 0.717) is 51.0 Å². The first-order chi connectivity index (χ1) is 21.7. The maximum absolute atomic E-state index is 14.1. The molecule has 5 heterocycles. The van der Waals surface area contributed by atoms with Crippen LogP contribution in [-0.4, -0.2) is 98.6 Å². The van der Waals surface area contributed by atoms with Gasteiger partial charge in [0.2, 0.25) is 11.7 Å². The summed E-state index contributed by atoms with van der Waals surface area (Å²) >= 11 is 0. The topological polar surface area (TPSA) is 121 Å². The lowest BCUT2D eigenvalue weighted by Crippen LogP contribution is -2.41. The Labute approximate surface area is 260 Å². The van der Waals surface area contributed by atoms with Gasteiger partial charge in [-0.15, -0.1) is 5.10 Å².